The van der Waals surface area contributed by atoms with E-state index in [1.807, 2.05) is 30.3 Å². The Bertz CT molecular complexity index is 305. The van der Waals surface area contributed by atoms with Gasteiger partial charge in [0, 0.05) is 0 Å². The Morgan fingerprint density at radius 1 is 1.40 bits per heavy atom. The third kappa shape index (κ3) is 3.92. The van der Waals surface area contributed by atoms with Crippen LogP contribution in [0.5, 0.6) is 5.75 Å². The third-order valence-electron chi connectivity index (χ3n) is 2.42. The zero-order valence-electron chi connectivity index (χ0n) is 9.49. The Labute approximate surface area is 95.1 Å². The van der Waals surface area contributed by atoms with Gasteiger partial charge in [0.1, 0.15) is 5.75 Å². The van der Waals surface area contributed by atoms with Crippen LogP contribution in [0.1, 0.15) is 32.3 Å². The summed E-state index contributed by atoms with van der Waals surface area (Å²) in [7, 11) is 0.564. The van der Waals surface area contributed by atoms with Crippen LogP contribution in [0.15, 0.2) is 30.8 Å². The zero-order valence-corrected chi connectivity index (χ0v) is 10.5. The van der Waals surface area contributed by atoms with Crippen LogP contribution in [0.4, 0.5) is 0 Å². The SMILES string of the molecule is C=Cc1cccc(O[Si]C(CC)CC)c1. The average molecular weight is 218 g/mol. The van der Waals surface area contributed by atoms with Crippen LogP contribution < -0.4 is 4.43 Å². The van der Waals surface area contributed by atoms with Gasteiger partial charge in [0.05, 0.1) is 0 Å². The molecule has 0 heterocycles. The van der Waals surface area contributed by atoms with Gasteiger partial charge in [0.2, 0.25) is 0 Å². The second-order valence-corrected chi connectivity index (χ2v) is 4.77. The monoisotopic (exact) mass is 218 g/mol. The van der Waals surface area contributed by atoms with Crippen molar-refractivity contribution in [1.29, 1.82) is 0 Å². The summed E-state index contributed by atoms with van der Waals surface area (Å²) in [6.45, 7) is 8.17. The van der Waals surface area contributed by atoms with Crippen molar-refractivity contribution in [3.8, 4) is 5.75 Å². The van der Waals surface area contributed by atoms with Gasteiger partial charge in [-0.25, -0.2) is 0 Å². The van der Waals surface area contributed by atoms with Crippen molar-refractivity contribution >= 4 is 15.8 Å². The van der Waals surface area contributed by atoms with Crippen LogP contribution >= 0.6 is 0 Å². The molecule has 1 rings (SSSR count). The molecular formula is C13H18OSi. The predicted octanol–water partition coefficient (Wildman–Crippen LogP) is 3.94. The Hall–Kier alpha value is -1.02. The maximum Gasteiger partial charge on any atom is 0.314 e. The largest absolute Gasteiger partial charge is 0.541 e. The fraction of sp³-hybridized carbons (Fsp3) is 0.385. The minimum Gasteiger partial charge on any atom is -0.541 e. The summed E-state index contributed by atoms with van der Waals surface area (Å²) >= 11 is 0. The van der Waals surface area contributed by atoms with Crippen LogP contribution in [0.2, 0.25) is 5.54 Å². The Kier molecular flexibility index (Phi) is 5.19. The molecule has 0 saturated carbocycles. The van der Waals surface area contributed by atoms with Crippen LogP contribution in [0.25, 0.3) is 6.08 Å². The van der Waals surface area contributed by atoms with Crippen molar-refractivity contribution in [2.45, 2.75) is 32.2 Å². The molecule has 1 aromatic carbocycles. The van der Waals surface area contributed by atoms with E-state index in [1.165, 1.54) is 12.8 Å². The molecule has 2 radical (unpaired) electrons. The van der Waals surface area contributed by atoms with Gasteiger partial charge in [-0.05, 0) is 23.2 Å². The van der Waals surface area contributed by atoms with Crippen LogP contribution in [0, 0.1) is 0 Å². The zero-order chi connectivity index (χ0) is 11.1. The number of hydrogen-bond donors (Lipinski definition) is 0. The lowest BCUT2D eigenvalue weighted by Crippen LogP contribution is -2.09. The molecule has 0 atom stereocenters. The molecule has 15 heavy (non-hydrogen) atoms. The van der Waals surface area contributed by atoms with E-state index >= 15 is 0 Å². The Morgan fingerprint density at radius 2 is 2.13 bits per heavy atom. The molecule has 80 valence electrons. The lowest BCUT2D eigenvalue weighted by atomic mass is 10.2. The van der Waals surface area contributed by atoms with Gasteiger partial charge in [-0.15, -0.1) is 0 Å². The van der Waals surface area contributed by atoms with E-state index in [0.29, 0.717) is 15.3 Å². The third-order valence-corrected chi connectivity index (χ3v) is 3.93. The molecule has 0 spiro atoms. The highest BCUT2D eigenvalue weighted by molar-refractivity contribution is 6.30. The molecule has 0 amide bonds. The topological polar surface area (TPSA) is 9.23 Å². The van der Waals surface area contributed by atoms with Crippen LogP contribution in [-0.2, 0) is 0 Å². The van der Waals surface area contributed by atoms with E-state index in [9.17, 15) is 0 Å². The standard InChI is InChI=1S/C13H18OSi/c1-4-11-8-7-9-12(10-11)14-15-13(5-2)6-3/h4,7-10,13H,1,5-6H2,2-3H3. The maximum atomic E-state index is 5.77. The Morgan fingerprint density at radius 3 is 2.73 bits per heavy atom. The van der Waals surface area contributed by atoms with Gasteiger partial charge >= 0.3 is 9.76 Å². The molecule has 0 fully saturated rings. The van der Waals surface area contributed by atoms with Gasteiger partial charge in [0.25, 0.3) is 0 Å². The molecule has 0 aliphatic carbocycles. The molecule has 0 aliphatic rings. The number of benzene rings is 1. The smallest absolute Gasteiger partial charge is 0.314 e. The second-order valence-electron chi connectivity index (χ2n) is 3.51. The van der Waals surface area contributed by atoms with Crippen molar-refractivity contribution in [2.75, 3.05) is 0 Å². The van der Waals surface area contributed by atoms with Crippen molar-refractivity contribution in [1.82, 2.24) is 0 Å². The molecule has 0 saturated heterocycles. The van der Waals surface area contributed by atoms with Crippen LogP contribution in [-0.4, -0.2) is 9.76 Å². The Balaban J connectivity index is 2.53. The molecule has 0 aromatic heterocycles. The highest BCUT2D eigenvalue weighted by Crippen LogP contribution is 2.18. The summed E-state index contributed by atoms with van der Waals surface area (Å²) in [6, 6.07) is 8.06. The highest BCUT2D eigenvalue weighted by Gasteiger charge is 2.07. The van der Waals surface area contributed by atoms with E-state index in [0.717, 1.165) is 11.3 Å². The van der Waals surface area contributed by atoms with Crippen molar-refractivity contribution < 1.29 is 4.43 Å². The summed E-state index contributed by atoms with van der Waals surface area (Å²) in [5.74, 6) is 0.956. The first-order valence-corrected chi connectivity index (χ1v) is 6.43. The van der Waals surface area contributed by atoms with E-state index < -0.39 is 0 Å². The molecule has 0 unspecified atom stereocenters. The van der Waals surface area contributed by atoms with E-state index in [1.54, 1.807) is 0 Å². The first-order chi connectivity index (χ1) is 7.30. The lowest BCUT2D eigenvalue weighted by Gasteiger charge is -2.11. The summed E-state index contributed by atoms with van der Waals surface area (Å²) < 4.78 is 5.77. The molecule has 1 aromatic rings. The maximum absolute atomic E-state index is 5.77. The molecule has 0 N–H and O–H groups in total. The minimum atomic E-state index is 0.564. The molecular weight excluding hydrogens is 200 g/mol. The minimum absolute atomic E-state index is 0.564. The fourth-order valence-electron chi connectivity index (χ4n) is 1.31. The van der Waals surface area contributed by atoms with E-state index in [2.05, 4.69) is 20.4 Å². The van der Waals surface area contributed by atoms with E-state index in [-0.39, 0.29) is 0 Å². The van der Waals surface area contributed by atoms with Crippen molar-refractivity contribution in [3.63, 3.8) is 0 Å². The first-order valence-electron chi connectivity index (χ1n) is 5.45. The van der Waals surface area contributed by atoms with E-state index in [4.69, 9.17) is 4.43 Å². The normalized spacial score (nSPS) is 10.3. The number of hydrogen-bond acceptors (Lipinski definition) is 1. The molecule has 0 bridgehead atoms. The molecule has 1 nitrogen and oxygen atoms in total. The summed E-state index contributed by atoms with van der Waals surface area (Å²) in [5, 5.41) is 0. The summed E-state index contributed by atoms with van der Waals surface area (Å²) in [6.07, 6.45) is 4.22. The van der Waals surface area contributed by atoms with Gasteiger partial charge < -0.3 is 4.43 Å². The van der Waals surface area contributed by atoms with Crippen molar-refractivity contribution in [3.05, 3.63) is 36.4 Å². The van der Waals surface area contributed by atoms with Gasteiger partial charge in [-0.1, -0.05) is 51.5 Å². The summed E-state index contributed by atoms with van der Waals surface area (Å²) in [5.41, 5.74) is 1.80. The summed E-state index contributed by atoms with van der Waals surface area (Å²) in [4.78, 5) is 0. The average Bonchev–Trinajstić information content (AvgIpc) is 2.31. The second kappa shape index (κ2) is 6.46. The lowest BCUT2D eigenvalue weighted by molar-refractivity contribution is 0.560. The molecule has 2 heteroatoms. The quantitative estimate of drug-likeness (QED) is 0.657. The first kappa shape index (κ1) is 12.0. The van der Waals surface area contributed by atoms with Gasteiger partial charge in [-0.2, -0.15) is 0 Å². The van der Waals surface area contributed by atoms with Gasteiger partial charge in [-0.3, -0.25) is 0 Å². The highest BCUT2D eigenvalue weighted by atomic mass is 28.2. The predicted molar refractivity (Wildman–Crippen MR) is 67.2 cm³/mol. The molecule has 0 aliphatic heterocycles. The van der Waals surface area contributed by atoms with Crippen molar-refractivity contribution in [2.24, 2.45) is 0 Å². The fourth-order valence-corrected chi connectivity index (χ4v) is 2.07. The van der Waals surface area contributed by atoms with Crippen LogP contribution in [0.3, 0.4) is 0 Å². The number of rotatable bonds is 6. The van der Waals surface area contributed by atoms with Gasteiger partial charge in [0.15, 0.2) is 0 Å².